The molecule has 1 unspecified atom stereocenters. The molecule has 1 saturated heterocycles. The van der Waals surface area contributed by atoms with Gasteiger partial charge in [0.15, 0.2) is 9.84 Å². The second-order valence-electron chi connectivity index (χ2n) is 6.09. The minimum atomic E-state index is -2.97. The number of nitrogens with one attached hydrogen (secondary N) is 2. The fourth-order valence-corrected chi connectivity index (χ4v) is 4.63. The van der Waals surface area contributed by atoms with Crippen LogP contribution in [0.1, 0.15) is 22.3 Å². The second kappa shape index (κ2) is 7.01. The summed E-state index contributed by atoms with van der Waals surface area (Å²) in [5, 5.41) is 6.53. The monoisotopic (exact) mass is 379 g/mol. The van der Waals surface area contributed by atoms with Crippen LogP contribution in [0.4, 0.5) is 11.5 Å². The third kappa shape index (κ3) is 4.49. The number of pyridine rings is 1. The number of carbonyl (C=O) groups is 1. The Morgan fingerprint density at radius 2 is 2.08 bits per heavy atom. The van der Waals surface area contributed by atoms with Gasteiger partial charge in [0, 0.05) is 28.5 Å². The van der Waals surface area contributed by atoms with Gasteiger partial charge in [-0.2, -0.15) is 0 Å². The normalized spacial score (nSPS) is 18.7. The summed E-state index contributed by atoms with van der Waals surface area (Å²) in [6.07, 6.45) is 2.07. The first-order valence-corrected chi connectivity index (χ1v) is 10.0. The smallest absolute Gasteiger partial charge is 0.255 e. The number of amides is 1. The lowest BCUT2D eigenvalue weighted by Gasteiger charge is -2.13. The summed E-state index contributed by atoms with van der Waals surface area (Å²) in [4.78, 5) is 16.6. The Balaban J connectivity index is 1.71. The number of nitrogens with zero attached hydrogens (tertiary/aromatic N) is 1. The highest BCUT2D eigenvalue weighted by molar-refractivity contribution is 7.91. The Hall–Kier alpha value is -2.12. The van der Waals surface area contributed by atoms with Crippen LogP contribution in [-0.4, -0.2) is 36.9 Å². The fourth-order valence-electron chi connectivity index (χ4n) is 2.73. The van der Waals surface area contributed by atoms with E-state index in [4.69, 9.17) is 11.6 Å². The van der Waals surface area contributed by atoms with Crippen molar-refractivity contribution < 1.29 is 13.2 Å². The molecule has 1 aromatic heterocycles. The zero-order valence-electron chi connectivity index (χ0n) is 13.6. The van der Waals surface area contributed by atoms with Crippen LogP contribution in [0.2, 0.25) is 5.02 Å². The summed E-state index contributed by atoms with van der Waals surface area (Å²) >= 11 is 5.92. The van der Waals surface area contributed by atoms with Crippen LogP contribution < -0.4 is 10.6 Å². The zero-order valence-corrected chi connectivity index (χ0v) is 15.2. The molecule has 0 saturated carbocycles. The molecule has 8 heteroatoms. The van der Waals surface area contributed by atoms with E-state index in [0.29, 0.717) is 28.5 Å². The van der Waals surface area contributed by atoms with Gasteiger partial charge < -0.3 is 10.6 Å². The van der Waals surface area contributed by atoms with E-state index in [9.17, 15) is 13.2 Å². The standard InChI is InChI=1S/C17H18ClN3O3S/c1-11-8-13(18)2-3-15(11)21-17(22)12-4-6-19-16(9-12)20-14-5-7-25(23,24)10-14/h2-4,6,8-9,14H,5,7,10H2,1H3,(H,19,20)(H,21,22). The lowest BCUT2D eigenvalue weighted by atomic mass is 10.1. The van der Waals surface area contributed by atoms with Crippen molar-refractivity contribution in [3.05, 3.63) is 52.7 Å². The molecule has 1 aliphatic heterocycles. The summed E-state index contributed by atoms with van der Waals surface area (Å²) in [6.45, 7) is 1.86. The minimum Gasteiger partial charge on any atom is -0.366 e. The van der Waals surface area contributed by atoms with Gasteiger partial charge >= 0.3 is 0 Å². The molecule has 0 aliphatic carbocycles. The number of aromatic nitrogens is 1. The molecule has 1 fully saturated rings. The van der Waals surface area contributed by atoms with E-state index in [1.807, 2.05) is 6.92 Å². The highest BCUT2D eigenvalue weighted by Crippen LogP contribution is 2.21. The van der Waals surface area contributed by atoms with E-state index in [1.54, 1.807) is 30.3 Å². The molecule has 6 nitrogen and oxygen atoms in total. The number of anilines is 2. The highest BCUT2D eigenvalue weighted by atomic mass is 35.5. The van der Waals surface area contributed by atoms with Crippen LogP contribution in [-0.2, 0) is 9.84 Å². The molecule has 0 bridgehead atoms. The van der Waals surface area contributed by atoms with Crippen molar-refractivity contribution in [3.63, 3.8) is 0 Å². The third-order valence-corrected chi connectivity index (χ3v) is 6.05. The number of carbonyl (C=O) groups excluding carboxylic acids is 1. The largest absolute Gasteiger partial charge is 0.366 e. The van der Waals surface area contributed by atoms with Gasteiger partial charge in [-0.25, -0.2) is 13.4 Å². The molecule has 0 radical (unpaired) electrons. The van der Waals surface area contributed by atoms with Crippen LogP contribution in [0.5, 0.6) is 0 Å². The predicted octanol–water partition coefficient (Wildman–Crippen LogP) is 2.89. The molecule has 2 aromatic rings. The second-order valence-corrected chi connectivity index (χ2v) is 8.75. The van der Waals surface area contributed by atoms with Gasteiger partial charge in [-0.3, -0.25) is 4.79 Å². The highest BCUT2D eigenvalue weighted by Gasteiger charge is 2.28. The maximum absolute atomic E-state index is 12.4. The number of hydrogen-bond acceptors (Lipinski definition) is 5. The van der Waals surface area contributed by atoms with Crippen molar-refractivity contribution >= 4 is 38.9 Å². The first-order valence-electron chi connectivity index (χ1n) is 7.83. The summed E-state index contributed by atoms with van der Waals surface area (Å²) < 4.78 is 23.1. The van der Waals surface area contributed by atoms with E-state index >= 15 is 0 Å². The summed E-state index contributed by atoms with van der Waals surface area (Å²) in [5.74, 6) is 0.493. The van der Waals surface area contributed by atoms with E-state index in [-0.39, 0.29) is 23.5 Å². The maximum Gasteiger partial charge on any atom is 0.255 e. The van der Waals surface area contributed by atoms with Crippen molar-refractivity contribution in [2.45, 2.75) is 19.4 Å². The van der Waals surface area contributed by atoms with Crippen LogP contribution in [0.25, 0.3) is 0 Å². The SMILES string of the molecule is Cc1cc(Cl)ccc1NC(=O)c1ccnc(NC2CCS(=O)(=O)C2)c1. The topological polar surface area (TPSA) is 88.2 Å². The Bertz CT molecular complexity index is 915. The lowest BCUT2D eigenvalue weighted by Crippen LogP contribution is -2.21. The first-order chi connectivity index (χ1) is 11.8. The summed E-state index contributed by atoms with van der Waals surface area (Å²) in [6, 6.07) is 8.29. The number of hydrogen-bond donors (Lipinski definition) is 2. The van der Waals surface area contributed by atoms with E-state index in [0.717, 1.165) is 5.56 Å². The average molecular weight is 380 g/mol. The number of rotatable bonds is 4. The molecule has 1 aliphatic rings. The van der Waals surface area contributed by atoms with Crippen LogP contribution in [0.3, 0.4) is 0 Å². The maximum atomic E-state index is 12.4. The van der Waals surface area contributed by atoms with E-state index < -0.39 is 9.84 Å². The van der Waals surface area contributed by atoms with Gasteiger partial charge in [0.2, 0.25) is 0 Å². The van der Waals surface area contributed by atoms with Gasteiger partial charge in [0.05, 0.1) is 11.5 Å². The van der Waals surface area contributed by atoms with Gasteiger partial charge in [0.25, 0.3) is 5.91 Å². The van der Waals surface area contributed by atoms with Crippen molar-refractivity contribution in [3.8, 4) is 0 Å². The summed E-state index contributed by atoms with van der Waals surface area (Å²) in [5.41, 5.74) is 1.99. The van der Waals surface area contributed by atoms with Crippen LogP contribution in [0, 0.1) is 6.92 Å². The Labute approximate surface area is 151 Å². The van der Waals surface area contributed by atoms with Crippen molar-refractivity contribution in [2.75, 3.05) is 22.1 Å². The number of aryl methyl sites for hydroxylation is 1. The molecule has 132 valence electrons. The molecular weight excluding hydrogens is 362 g/mol. The lowest BCUT2D eigenvalue weighted by molar-refractivity contribution is 0.102. The Kier molecular flexibility index (Phi) is 4.96. The average Bonchev–Trinajstić information content (AvgIpc) is 2.89. The molecule has 2 N–H and O–H groups in total. The molecule has 1 aromatic carbocycles. The number of halogens is 1. The zero-order chi connectivity index (χ0) is 18.0. The minimum absolute atomic E-state index is 0.0923. The van der Waals surface area contributed by atoms with Gasteiger partial charge in [-0.1, -0.05) is 11.6 Å². The van der Waals surface area contributed by atoms with Crippen molar-refractivity contribution in [1.82, 2.24) is 4.98 Å². The Morgan fingerprint density at radius 1 is 1.28 bits per heavy atom. The number of benzene rings is 1. The van der Waals surface area contributed by atoms with E-state index in [2.05, 4.69) is 15.6 Å². The number of sulfone groups is 1. The van der Waals surface area contributed by atoms with Gasteiger partial charge in [0.1, 0.15) is 5.82 Å². The van der Waals surface area contributed by atoms with Crippen molar-refractivity contribution in [2.24, 2.45) is 0 Å². The van der Waals surface area contributed by atoms with Gasteiger partial charge in [-0.15, -0.1) is 0 Å². The third-order valence-electron chi connectivity index (χ3n) is 4.04. The quantitative estimate of drug-likeness (QED) is 0.852. The van der Waals surface area contributed by atoms with Crippen molar-refractivity contribution in [1.29, 1.82) is 0 Å². The molecule has 1 amide bonds. The van der Waals surface area contributed by atoms with Gasteiger partial charge in [-0.05, 0) is 49.2 Å². The molecule has 1 atom stereocenters. The fraction of sp³-hybridized carbons (Fsp3) is 0.294. The Morgan fingerprint density at radius 3 is 2.76 bits per heavy atom. The molecule has 2 heterocycles. The molecule has 3 rings (SSSR count). The van der Waals surface area contributed by atoms with Crippen LogP contribution in [0.15, 0.2) is 36.5 Å². The first kappa shape index (κ1) is 17.7. The molecular formula is C17H18ClN3O3S. The van der Waals surface area contributed by atoms with Crippen LogP contribution >= 0.6 is 11.6 Å². The predicted molar refractivity (Wildman–Crippen MR) is 99.1 cm³/mol. The molecule has 0 spiro atoms. The summed E-state index contributed by atoms with van der Waals surface area (Å²) in [7, 11) is -2.97. The molecule has 25 heavy (non-hydrogen) atoms. The van der Waals surface area contributed by atoms with E-state index in [1.165, 1.54) is 6.20 Å².